The van der Waals surface area contributed by atoms with Crippen LogP contribution in [-0.4, -0.2) is 23.4 Å². The van der Waals surface area contributed by atoms with Gasteiger partial charge in [0.05, 0.1) is 16.2 Å². The molecule has 0 saturated heterocycles. The van der Waals surface area contributed by atoms with Gasteiger partial charge in [-0.15, -0.1) is 0 Å². The van der Waals surface area contributed by atoms with E-state index in [1.54, 1.807) is 0 Å². The molecular weight excluding hydrogens is 375 g/mol. The number of halogens is 3. The lowest BCUT2D eigenvalue weighted by molar-refractivity contribution is -0.608. The number of hydrogen-bond donors (Lipinski definition) is 1. The van der Waals surface area contributed by atoms with Gasteiger partial charge in [-0.3, -0.25) is 14.9 Å². The van der Waals surface area contributed by atoms with Crippen LogP contribution in [-0.2, 0) is 15.7 Å². The Balaban J connectivity index is 2.10. The number of pyridine rings is 1. The molecule has 0 bridgehead atoms. The average Bonchev–Trinajstić information content (AvgIpc) is 2.59. The van der Waals surface area contributed by atoms with E-state index in [1.165, 1.54) is 12.1 Å². The molecule has 2 rings (SSSR count). The molecule has 0 saturated carbocycles. The molecule has 142 valence electrons. The predicted molar refractivity (Wildman–Crippen MR) is 82.4 cm³/mol. The van der Waals surface area contributed by atoms with Gasteiger partial charge in [0.1, 0.15) is 0 Å². The molecule has 2 aromatic rings. The van der Waals surface area contributed by atoms with Crippen LogP contribution in [0.1, 0.15) is 16.1 Å². The number of nitrogens with zero attached hydrogens (tertiary/aromatic N) is 2. The van der Waals surface area contributed by atoms with Crippen molar-refractivity contribution in [3.63, 3.8) is 0 Å². The topological polar surface area (TPSA) is 125 Å². The summed E-state index contributed by atoms with van der Waals surface area (Å²) in [5, 5.41) is 23.9. The number of amides is 1. The molecule has 0 aliphatic carbocycles. The average molecular weight is 385 g/mol. The second kappa shape index (κ2) is 7.68. The van der Waals surface area contributed by atoms with E-state index in [-0.39, 0.29) is 10.8 Å². The van der Waals surface area contributed by atoms with E-state index >= 15 is 0 Å². The number of esters is 1. The Kier molecular flexibility index (Phi) is 5.58. The number of anilines is 1. The molecule has 0 atom stereocenters. The molecule has 1 amide bonds. The largest absolute Gasteiger partial charge is 0.618 e. The summed E-state index contributed by atoms with van der Waals surface area (Å²) in [5.74, 6) is -2.28. The molecule has 1 heterocycles. The Labute approximate surface area is 148 Å². The van der Waals surface area contributed by atoms with Gasteiger partial charge in [-0.2, -0.15) is 17.9 Å². The molecule has 12 heteroatoms. The highest BCUT2D eigenvalue weighted by molar-refractivity contribution is 5.95. The fourth-order valence-corrected chi connectivity index (χ4v) is 1.97. The number of carbonyl (C=O) groups is 2. The number of non-ortho nitro benzene ring substituents is 1. The Morgan fingerprint density at radius 1 is 1.22 bits per heavy atom. The maximum atomic E-state index is 13.0. The molecule has 0 spiro atoms. The van der Waals surface area contributed by atoms with Gasteiger partial charge in [-0.1, -0.05) is 0 Å². The minimum absolute atomic E-state index is 0.193. The number of rotatable bonds is 5. The van der Waals surface area contributed by atoms with E-state index in [1.807, 2.05) is 5.32 Å². The van der Waals surface area contributed by atoms with Crippen molar-refractivity contribution in [1.82, 2.24) is 0 Å². The summed E-state index contributed by atoms with van der Waals surface area (Å²) in [4.78, 5) is 33.1. The SMILES string of the molecule is O=C(COC(=O)c1cccc[n+]1[O-])Nc1ccc([N+](=O)[O-])cc1C(F)(F)F. The molecule has 0 radical (unpaired) electrons. The number of aromatic nitrogens is 1. The third-order valence-electron chi connectivity index (χ3n) is 3.16. The molecular formula is C15H10F3N3O6. The lowest BCUT2D eigenvalue weighted by Crippen LogP contribution is -2.35. The first kappa shape index (κ1) is 19.6. The quantitative estimate of drug-likeness (QED) is 0.276. The number of carbonyl (C=O) groups excluding carboxylic acids is 2. The summed E-state index contributed by atoms with van der Waals surface area (Å²) >= 11 is 0. The standard InChI is InChI=1S/C15H10F3N3O6/c16-15(17,18)10-7-9(21(25)26)4-5-11(10)19-13(22)8-27-14(23)12-3-1-2-6-20(12)24/h1-7H,8H2,(H,19,22). The summed E-state index contributed by atoms with van der Waals surface area (Å²) in [5.41, 5.74) is -3.41. The van der Waals surface area contributed by atoms with E-state index < -0.39 is 52.2 Å². The van der Waals surface area contributed by atoms with Crippen molar-refractivity contribution in [2.45, 2.75) is 6.18 Å². The van der Waals surface area contributed by atoms with Gasteiger partial charge >= 0.3 is 17.8 Å². The number of nitro benzene ring substituents is 1. The van der Waals surface area contributed by atoms with Gasteiger partial charge < -0.3 is 15.3 Å². The van der Waals surface area contributed by atoms with Crippen LogP contribution in [0.3, 0.4) is 0 Å². The highest BCUT2D eigenvalue weighted by Crippen LogP contribution is 2.37. The second-order valence-corrected chi connectivity index (χ2v) is 5.02. The van der Waals surface area contributed by atoms with Crippen LogP contribution in [0.4, 0.5) is 24.5 Å². The Morgan fingerprint density at radius 2 is 1.93 bits per heavy atom. The fraction of sp³-hybridized carbons (Fsp3) is 0.133. The molecule has 27 heavy (non-hydrogen) atoms. The molecule has 1 aromatic carbocycles. The van der Waals surface area contributed by atoms with Crippen molar-refractivity contribution in [3.05, 3.63) is 69.2 Å². The van der Waals surface area contributed by atoms with Crippen LogP contribution in [0.5, 0.6) is 0 Å². The Hall–Kier alpha value is -3.70. The summed E-state index contributed by atoms with van der Waals surface area (Å²) in [6.45, 7) is -0.970. The minimum atomic E-state index is -4.97. The lowest BCUT2D eigenvalue weighted by Gasteiger charge is -2.13. The third-order valence-corrected chi connectivity index (χ3v) is 3.16. The van der Waals surface area contributed by atoms with Crippen LogP contribution in [0.15, 0.2) is 42.6 Å². The van der Waals surface area contributed by atoms with Crippen molar-refractivity contribution in [2.24, 2.45) is 0 Å². The van der Waals surface area contributed by atoms with Gasteiger partial charge in [0, 0.05) is 24.3 Å². The van der Waals surface area contributed by atoms with Crippen LogP contribution < -0.4 is 10.0 Å². The zero-order chi connectivity index (χ0) is 20.2. The number of ether oxygens (including phenoxy) is 1. The first-order valence-electron chi connectivity index (χ1n) is 7.10. The van der Waals surface area contributed by atoms with E-state index in [0.717, 1.165) is 18.3 Å². The number of hydrogen-bond acceptors (Lipinski definition) is 6. The normalized spacial score (nSPS) is 10.9. The molecule has 1 N–H and O–H groups in total. The van der Waals surface area contributed by atoms with Crippen molar-refractivity contribution in [2.75, 3.05) is 11.9 Å². The predicted octanol–water partition coefficient (Wildman–Crippen LogP) is 2.04. The fourth-order valence-electron chi connectivity index (χ4n) is 1.97. The Morgan fingerprint density at radius 3 is 2.52 bits per heavy atom. The number of benzene rings is 1. The number of alkyl halides is 3. The number of nitro groups is 1. The van der Waals surface area contributed by atoms with E-state index in [0.29, 0.717) is 6.07 Å². The molecule has 9 nitrogen and oxygen atoms in total. The van der Waals surface area contributed by atoms with E-state index in [2.05, 4.69) is 4.74 Å². The van der Waals surface area contributed by atoms with Gasteiger partial charge in [0.2, 0.25) is 0 Å². The first-order chi connectivity index (χ1) is 12.6. The summed E-state index contributed by atoms with van der Waals surface area (Å²) in [6, 6.07) is 5.61. The lowest BCUT2D eigenvalue weighted by atomic mass is 10.1. The molecule has 0 fully saturated rings. The first-order valence-corrected chi connectivity index (χ1v) is 7.10. The maximum absolute atomic E-state index is 13.0. The van der Waals surface area contributed by atoms with Gasteiger partial charge in [-0.25, -0.2) is 4.79 Å². The van der Waals surface area contributed by atoms with Gasteiger partial charge in [0.15, 0.2) is 12.8 Å². The zero-order valence-electron chi connectivity index (χ0n) is 13.2. The minimum Gasteiger partial charge on any atom is -0.618 e. The molecule has 1 aromatic heterocycles. The zero-order valence-corrected chi connectivity index (χ0v) is 13.2. The summed E-state index contributed by atoms with van der Waals surface area (Å²) in [6.07, 6.45) is -3.95. The smallest absolute Gasteiger partial charge is 0.418 e. The van der Waals surface area contributed by atoms with Crippen molar-refractivity contribution in [1.29, 1.82) is 0 Å². The molecule has 0 aliphatic rings. The van der Waals surface area contributed by atoms with Crippen molar-refractivity contribution < 1.29 is 37.2 Å². The molecule has 0 aliphatic heterocycles. The van der Waals surface area contributed by atoms with Crippen LogP contribution >= 0.6 is 0 Å². The van der Waals surface area contributed by atoms with Crippen LogP contribution in [0, 0.1) is 15.3 Å². The maximum Gasteiger partial charge on any atom is 0.418 e. The van der Waals surface area contributed by atoms with Gasteiger partial charge in [0.25, 0.3) is 11.6 Å². The monoisotopic (exact) mass is 385 g/mol. The van der Waals surface area contributed by atoms with E-state index in [4.69, 9.17) is 0 Å². The molecule has 0 unspecified atom stereocenters. The Bertz CT molecular complexity index is 901. The van der Waals surface area contributed by atoms with Crippen LogP contribution in [0.25, 0.3) is 0 Å². The van der Waals surface area contributed by atoms with Crippen molar-refractivity contribution >= 4 is 23.3 Å². The van der Waals surface area contributed by atoms with Gasteiger partial charge in [-0.05, 0) is 12.1 Å². The van der Waals surface area contributed by atoms with Crippen LogP contribution in [0.2, 0.25) is 0 Å². The summed E-state index contributed by atoms with van der Waals surface area (Å²) in [7, 11) is 0. The summed E-state index contributed by atoms with van der Waals surface area (Å²) < 4.78 is 43.8. The van der Waals surface area contributed by atoms with Crippen molar-refractivity contribution in [3.8, 4) is 0 Å². The van der Waals surface area contributed by atoms with E-state index in [9.17, 15) is 38.1 Å². The third kappa shape index (κ3) is 4.90. The number of nitrogens with one attached hydrogen (secondary N) is 1. The second-order valence-electron chi connectivity index (χ2n) is 5.02. The highest BCUT2D eigenvalue weighted by Gasteiger charge is 2.35. The highest BCUT2D eigenvalue weighted by atomic mass is 19.4.